The fourth-order valence-corrected chi connectivity index (χ4v) is 2.99. The topological polar surface area (TPSA) is 37.8 Å². The van der Waals surface area contributed by atoms with Gasteiger partial charge in [-0.05, 0) is 43.0 Å². The number of aromatic amines is 1. The Morgan fingerprint density at radius 2 is 1.74 bits per heavy atom. The maximum absolute atomic E-state index is 13.0. The van der Waals surface area contributed by atoms with Crippen LogP contribution >= 0.6 is 0 Å². The molecule has 0 aliphatic carbocycles. The standard InChI is InChI=1S/C20H22N2O/c1-13(2)18-19(17-11-6-5-9-15(17)4)21-22(20(18)23)16-10-7-8-14(3)12-16/h5-13,21H,1-4H3. The fraction of sp³-hybridized carbons (Fsp3) is 0.250. The van der Waals surface area contributed by atoms with E-state index >= 15 is 0 Å². The Hall–Kier alpha value is -2.55. The second-order valence-corrected chi connectivity index (χ2v) is 6.35. The van der Waals surface area contributed by atoms with Gasteiger partial charge in [-0.15, -0.1) is 0 Å². The highest BCUT2D eigenvalue weighted by Crippen LogP contribution is 2.28. The summed E-state index contributed by atoms with van der Waals surface area (Å²) in [5.74, 6) is 0.152. The van der Waals surface area contributed by atoms with Crippen LogP contribution in [0, 0.1) is 13.8 Å². The second kappa shape index (κ2) is 5.92. The van der Waals surface area contributed by atoms with Crippen molar-refractivity contribution in [3.8, 4) is 16.9 Å². The molecule has 0 radical (unpaired) electrons. The van der Waals surface area contributed by atoms with Crippen LogP contribution in [0.25, 0.3) is 16.9 Å². The van der Waals surface area contributed by atoms with E-state index in [1.54, 1.807) is 4.68 Å². The van der Waals surface area contributed by atoms with Gasteiger partial charge in [-0.1, -0.05) is 50.2 Å². The number of nitrogens with zero attached hydrogens (tertiary/aromatic N) is 1. The molecule has 0 unspecified atom stereocenters. The lowest BCUT2D eigenvalue weighted by Gasteiger charge is -2.08. The summed E-state index contributed by atoms with van der Waals surface area (Å²) in [6.45, 7) is 8.23. The molecule has 23 heavy (non-hydrogen) atoms. The fourth-order valence-electron chi connectivity index (χ4n) is 2.99. The molecule has 3 nitrogen and oxygen atoms in total. The van der Waals surface area contributed by atoms with Crippen LogP contribution in [0.15, 0.2) is 53.3 Å². The third-order valence-corrected chi connectivity index (χ3v) is 4.18. The second-order valence-electron chi connectivity index (χ2n) is 6.35. The largest absolute Gasteiger partial charge is 0.290 e. The van der Waals surface area contributed by atoms with E-state index in [4.69, 9.17) is 0 Å². The van der Waals surface area contributed by atoms with Crippen molar-refractivity contribution in [2.45, 2.75) is 33.6 Å². The van der Waals surface area contributed by atoms with E-state index < -0.39 is 0 Å². The molecule has 1 N–H and O–H groups in total. The van der Waals surface area contributed by atoms with E-state index in [-0.39, 0.29) is 11.5 Å². The Balaban J connectivity index is 2.28. The van der Waals surface area contributed by atoms with Gasteiger partial charge < -0.3 is 0 Å². The van der Waals surface area contributed by atoms with Crippen LogP contribution in [0.4, 0.5) is 0 Å². The van der Waals surface area contributed by atoms with E-state index in [1.807, 2.05) is 43.3 Å². The van der Waals surface area contributed by atoms with Gasteiger partial charge in [0.15, 0.2) is 0 Å². The molecule has 0 spiro atoms. The first-order valence-electron chi connectivity index (χ1n) is 7.97. The molecule has 118 valence electrons. The molecule has 0 amide bonds. The predicted octanol–water partition coefficient (Wildman–Crippen LogP) is 4.57. The third-order valence-electron chi connectivity index (χ3n) is 4.18. The van der Waals surface area contributed by atoms with Crippen LogP contribution in [0.5, 0.6) is 0 Å². The Kier molecular flexibility index (Phi) is 3.95. The third kappa shape index (κ3) is 2.74. The number of H-pyrrole nitrogens is 1. The van der Waals surface area contributed by atoms with Crippen molar-refractivity contribution in [3.63, 3.8) is 0 Å². The molecule has 3 heteroatoms. The number of nitrogens with one attached hydrogen (secondary N) is 1. The van der Waals surface area contributed by atoms with Gasteiger partial charge in [0.05, 0.1) is 11.4 Å². The van der Waals surface area contributed by atoms with Crippen molar-refractivity contribution in [3.05, 3.63) is 75.6 Å². The highest BCUT2D eigenvalue weighted by atomic mass is 16.1. The molecule has 3 aromatic rings. The zero-order valence-corrected chi connectivity index (χ0v) is 14.1. The highest BCUT2D eigenvalue weighted by Gasteiger charge is 2.20. The quantitative estimate of drug-likeness (QED) is 0.756. The molecule has 0 bridgehead atoms. The first-order chi connectivity index (χ1) is 11.0. The van der Waals surface area contributed by atoms with Crippen molar-refractivity contribution in [1.29, 1.82) is 0 Å². The first kappa shape index (κ1) is 15.3. The minimum absolute atomic E-state index is 0.0313. The normalized spacial score (nSPS) is 11.2. The first-order valence-corrected chi connectivity index (χ1v) is 7.97. The molecule has 0 saturated carbocycles. The molecule has 0 fully saturated rings. The lowest BCUT2D eigenvalue weighted by molar-refractivity contribution is 0.825. The van der Waals surface area contributed by atoms with Crippen molar-refractivity contribution in [2.75, 3.05) is 0 Å². The molecule has 0 aliphatic heterocycles. The van der Waals surface area contributed by atoms with Crippen molar-refractivity contribution >= 4 is 0 Å². The molecular weight excluding hydrogens is 284 g/mol. The molecule has 3 rings (SSSR count). The number of aryl methyl sites for hydroxylation is 2. The van der Waals surface area contributed by atoms with Crippen LogP contribution in [0.2, 0.25) is 0 Å². The van der Waals surface area contributed by atoms with Crippen LogP contribution in [-0.4, -0.2) is 9.78 Å². The van der Waals surface area contributed by atoms with Crippen molar-refractivity contribution in [2.24, 2.45) is 0 Å². The van der Waals surface area contributed by atoms with E-state index in [0.29, 0.717) is 0 Å². The maximum Gasteiger partial charge on any atom is 0.275 e. The van der Waals surface area contributed by atoms with Gasteiger partial charge in [-0.25, -0.2) is 4.68 Å². The Labute approximate surface area is 136 Å². The van der Waals surface area contributed by atoms with Crippen LogP contribution < -0.4 is 5.56 Å². The summed E-state index contributed by atoms with van der Waals surface area (Å²) in [5.41, 5.74) is 6.03. The number of benzene rings is 2. The number of rotatable bonds is 3. The van der Waals surface area contributed by atoms with Crippen molar-refractivity contribution < 1.29 is 0 Å². The number of hydrogen-bond acceptors (Lipinski definition) is 1. The smallest absolute Gasteiger partial charge is 0.275 e. The summed E-state index contributed by atoms with van der Waals surface area (Å²) < 4.78 is 1.66. The lowest BCUT2D eigenvalue weighted by atomic mass is 9.97. The van der Waals surface area contributed by atoms with Crippen LogP contribution in [0.3, 0.4) is 0 Å². The van der Waals surface area contributed by atoms with Gasteiger partial charge in [0.2, 0.25) is 0 Å². The molecule has 1 aromatic heterocycles. The summed E-state index contributed by atoms with van der Waals surface area (Å²) in [4.78, 5) is 13.0. The minimum atomic E-state index is 0.0313. The van der Waals surface area contributed by atoms with E-state index in [2.05, 4.69) is 38.0 Å². The average molecular weight is 306 g/mol. The number of aromatic nitrogens is 2. The van der Waals surface area contributed by atoms with Gasteiger partial charge in [-0.2, -0.15) is 0 Å². The van der Waals surface area contributed by atoms with Gasteiger partial charge in [0.25, 0.3) is 5.56 Å². The highest BCUT2D eigenvalue weighted by molar-refractivity contribution is 5.67. The summed E-state index contributed by atoms with van der Waals surface area (Å²) in [6.07, 6.45) is 0. The van der Waals surface area contributed by atoms with Crippen LogP contribution in [0.1, 0.15) is 36.5 Å². The summed E-state index contributed by atoms with van der Waals surface area (Å²) in [5, 5.41) is 3.34. The Morgan fingerprint density at radius 3 is 2.39 bits per heavy atom. The average Bonchev–Trinajstić information content (AvgIpc) is 2.85. The molecule has 2 aromatic carbocycles. The zero-order chi connectivity index (χ0) is 16.6. The molecule has 0 atom stereocenters. The van der Waals surface area contributed by atoms with Gasteiger partial charge >= 0.3 is 0 Å². The van der Waals surface area contributed by atoms with Gasteiger partial charge in [0.1, 0.15) is 0 Å². The SMILES string of the molecule is Cc1cccc(-n2[nH]c(-c3ccccc3C)c(C(C)C)c2=O)c1. The molecular formula is C20H22N2O. The summed E-state index contributed by atoms with van der Waals surface area (Å²) in [7, 11) is 0. The lowest BCUT2D eigenvalue weighted by Crippen LogP contribution is -2.18. The monoisotopic (exact) mass is 306 g/mol. The molecule has 0 saturated heterocycles. The minimum Gasteiger partial charge on any atom is -0.290 e. The maximum atomic E-state index is 13.0. The zero-order valence-electron chi connectivity index (χ0n) is 14.1. The Bertz CT molecular complexity index is 900. The van der Waals surface area contributed by atoms with Gasteiger partial charge in [0, 0.05) is 11.1 Å². The van der Waals surface area contributed by atoms with E-state index in [9.17, 15) is 4.79 Å². The van der Waals surface area contributed by atoms with Crippen LogP contribution in [-0.2, 0) is 0 Å². The van der Waals surface area contributed by atoms with E-state index in [0.717, 1.165) is 33.6 Å². The Morgan fingerprint density at radius 1 is 1.00 bits per heavy atom. The number of hydrogen-bond donors (Lipinski definition) is 1. The van der Waals surface area contributed by atoms with E-state index in [1.165, 1.54) is 0 Å². The van der Waals surface area contributed by atoms with Crippen molar-refractivity contribution in [1.82, 2.24) is 9.78 Å². The summed E-state index contributed by atoms with van der Waals surface area (Å²) in [6, 6.07) is 16.1. The van der Waals surface area contributed by atoms with Gasteiger partial charge in [-0.3, -0.25) is 9.89 Å². The molecule has 1 heterocycles. The predicted molar refractivity (Wildman–Crippen MR) is 95.4 cm³/mol. The summed E-state index contributed by atoms with van der Waals surface area (Å²) >= 11 is 0. The molecule has 0 aliphatic rings.